The molecule has 2 aromatic carbocycles. The maximum atomic E-state index is 12.0. The molecule has 0 radical (unpaired) electrons. The van der Waals surface area contributed by atoms with Crippen LogP contribution in [0.5, 0.6) is 23.1 Å². The molecule has 34 heavy (non-hydrogen) atoms. The van der Waals surface area contributed by atoms with Gasteiger partial charge in [0.25, 0.3) is 0 Å². The molecule has 0 spiro atoms. The van der Waals surface area contributed by atoms with Crippen LogP contribution in [0.1, 0.15) is 26.3 Å². The van der Waals surface area contributed by atoms with Gasteiger partial charge in [-0.3, -0.25) is 5.32 Å². The predicted molar refractivity (Wildman–Crippen MR) is 126 cm³/mol. The van der Waals surface area contributed by atoms with Crippen LogP contribution in [-0.4, -0.2) is 42.0 Å². The Kier molecular flexibility index (Phi) is 7.25. The minimum absolute atomic E-state index is 0.315. The Hall–Kier alpha value is -4.27. The monoisotopic (exact) mass is 466 g/mol. The number of ether oxygens (including phenoxy) is 4. The third kappa shape index (κ3) is 6.16. The summed E-state index contributed by atoms with van der Waals surface area (Å²) in [6.45, 7) is 5.07. The van der Waals surface area contributed by atoms with Crippen LogP contribution in [0.15, 0.2) is 54.2 Å². The number of aliphatic carboxylic acids is 1. The molecule has 9 heteroatoms. The lowest BCUT2D eigenvalue weighted by molar-refractivity contribution is -0.133. The number of nitrogens with one attached hydrogen (secondary N) is 1. The molecule has 3 rings (SSSR count). The van der Waals surface area contributed by atoms with Gasteiger partial charge in [0.1, 0.15) is 11.3 Å². The number of hydrogen-bond acceptors (Lipinski definition) is 7. The van der Waals surface area contributed by atoms with Crippen molar-refractivity contribution in [3.8, 4) is 23.1 Å². The van der Waals surface area contributed by atoms with Crippen LogP contribution in [-0.2, 0) is 9.53 Å². The third-order valence-electron chi connectivity index (χ3n) is 4.45. The molecule has 0 bridgehead atoms. The SMILES string of the molecule is COc1cccc(OC)c1Oc1ccc2cc(/C=C(/NC(=O)OC(C)(C)C)C(=O)O)ccc2n1. The number of nitrogens with zero attached hydrogens (tertiary/aromatic N) is 1. The smallest absolute Gasteiger partial charge is 0.412 e. The molecule has 0 saturated carbocycles. The van der Waals surface area contributed by atoms with E-state index in [1.165, 1.54) is 20.3 Å². The average molecular weight is 466 g/mol. The number of methoxy groups -OCH3 is 2. The number of benzene rings is 2. The second-order valence-electron chi connectivity index (χ2n) is 8.19. The van der Waals surface area contributed by atoms with Gasteiger partial charge in [0.2, 0.25) is 11.6 Å². The van der Waals surface area contributed by atoms with Crippen LogP contribution in [0.3, 0.4) is 0 Å². The van der Waals surface area contributed by atoms with E-state index in [1.807, 2.05) is 0 Å². The van der Waals surface area contributed by atoms with Crippen molar-refractivity contribution in [1.82, 2.24) is 10.3 Å². The number of alkyl carbamates (subject to hydrolysis) is 1. The van der Waals surface area contributed by atoms with Crippen LogP contribution < -0.4 is 19.5 Å². The summed E-state index contributed by atoms with van der Waals surface area (Å²) in [7, 11) is 3.07. The number of carboxylic acids is 1. The van der Waals surface area contributed by atoms with E-state index in [0.29, 0.717) is 34.2 Å². The molecule has 9 nitrogen and oxygen atoms in total. The Bertz CT molecular complexity index is 1220. The summed E-state index contributed by atoms with van der Waals surface area (Å²) in [4.78, 5) is 28.1. The maximum Gasteiger partial charge on any atom is 0.412 e. The highest BCUT2D eigenvalue weighted by Crippen LogP contribution is 2.39. The van der Waals surface area contributed by atoms with Gasteiger partial charge in [0.05, 0.1) is 19.7 Å². The van der Waals surface area contributed by atoms with Gasteiger partial charge in [-0.25, -0.2) is 14.6 Å². The summed E-state index contributed by atoms with van der Waals surface area (Å²) >= 11 is 0. The van der Waals surface area contributed by atoms with Crippen LogP contribution >= 0.6 is 0 Å². The fourth-order valence-corrected chi connectivity index (χ4v) is 3.03. The minimum atomic E-state index is -1.29. The first-order valence-electron chi connectivity index (χ1n) is 10.3. The zero-order chi connectivity index (χ0) is 24.9. The van der Waals surface area contributed by atoms with Crippen LogP contribution in [0, 0.1) is 0 Å². The zero-order valence-electron chi connectivity index (χ0n) is 19.5. The highest BCUT2D eigenvalue weighted by atomic mass is 16.6. The van der Waals surface area contributed by atoms with E-state index < -0.39 is 17.7 Å². The summed E-state index contributed by atoms with van der Waals surface area (Å²) in [5.41, 5.74) is 0.115. The van der Waals surface area contributed by atoms with Crippen LogP contribution in [0.25, 0.3) is 17.0 Å². The summed E-state index contributed by atoms with van der Waals surface area (Å²) in [5.74, 6) is 0.439. The molecule has 0 unspecified atom stereocenters. The molecule has 0 atom stereocenters. The van der Waals surface area contributed by atoms with Crippen molar-refractivity contribution in [1.29, 1.82) is 0 Å². The normalized spacial score (nSPS) is 11.6. The largest absolute Gasteiger partial charge is 0.493 e. The van der Waals surface area contributed by atoms with Crippen molar-refractivity contribution in [2.45, 2.75) is 26.4 Å². The van der Waals surface area contributed by atoms with Gasteiger partial charge < -0.3 is 24.1 Å². The van der Waals surface area contributed by atoms with Crippen molar-refractivity contribution in [3.63, 3.8) is 0 Å². The number of carboxylic acid groups (broad SMARTS) is 1. The highest BCUT2D eigenvalue weighted by molar-refractivity contribution is 5.96. The highest BCUT2D eigenvalue weighted by Gasteiger charge is 2.19. The molecule has 0 fully saturated rings. The molecular weight excluding hydrogens is 440 g/mol. The predicted octanol–water partition coefficient (Wildman–Crippen LogP) is 4.99. The molecule has 0 saturated heterocycles. The first-order valence-corrected chi connectivity index (χ1v) is 10.3. The number of fused-ring (bicyclic) bond motifs is 1. The fourth-order valence-electron chi connectivity index (χ4n) is 3.03. The second-order valence-corrected chi connectivity index (χ2v) is 8.19. The van der Waals surface area contributed by atoms with Crippen molar-refractivity contribution in [3.05, 3.63) is 59.8 Å². The van der Waals surface area contributed by atoms with Crippen LogP contribution in [0.4, 0.5) is 4.79 Å². The molecule has 1 amide bonds. The average Bonchev–Trinajstić information content (AvgIpc) is 2.77. The van der Waals surface area contributed by atoms with Crippen LogP contribution in [0.2, 0.25) is 0 Å². The minimum Gasteiger partial charge on any atom is -0.493 e. The van der Waals surface area contributed by atoms with Crippen molar-refractivity contribution in [2.24, 2.45) is 0 Å². The van der Waals surface area contributed by atoms with Gasteiger partial charge in [-0.1, -0.05) is 12.1 Å². The molecule has 1 heterocycles. The summed E-state index contributed by atoms with van der Waals surface area (Å²) in [6.07, 6.45) is 0.493. The first kappa shape index (κ1) is 24.4. The van der Waals surface area contributed by atoms with Gasteiger partial charge in [0.15, 0.2) is 11.5 Å². The Balaban J connectivity index is 1.87. The molecule has 178 valence electrons. The maximum absolute atomic E-state index is 12.0. The molecule has 0 aliphatic heterocycles. The molecule has 0 aliphatic carbocycles. The Morgan fingerprint density at radius 2 is 1.68 bits per heavy atom. The van der Waals surface area contributed by atoms with Gasteiger partial charge in [-0.05, 0) is 62.7 Å². The Morgan fingerprint density at radius 3 is 2.26 bits per heavy atom. The van der Waals surface area contributed by atoms with E-state index in [9.17, 15) is 14.7 Å². The van der Waals surface area contributed by atoms with Gasteiger partial charge in [-0.2, -0.15) is 0 Å². The van der Waals surface area contributed by atoms with E-state index in [4.69, 9.17) is 18.9 Å². The Labute approximate surface area is 196 Å². The van der Waals surface area contributed by atoms with Gasteiger partial charge in [-0.15, -0.1) is 0 Å². The van der Waals surface area contributed by atoms with E-state index in [1.54, 1.807) is 69.3 Å². The van der Waals surface area contributed by atoms with E-state index in [0.717, 1.165) is 5.39 Å². The zero-order valence-corrected chi connectivity index (χ0v) is 19.5. The fraction of sp³-hybridized carbons (Fsp3) is 0.240. The lowest BCUT2D eigenvalue weighted by Gasteiger charge is -2.19. The number of carbonyl (C=O) groups excluding carboxylic acids is 1. The number of aromatic nitrogens is 1. The lowest BCUT2D eigenvalue weighted by atomic mass is 10.1. The summed E-state index contributed by atoms with van der Waals surface area (Å²) in [6, 6.07) is 13.9. The lowest BCUT2D eigenvalue weighted by Crippen LogP contribution is -2.34. The van der Waals surface area contributed by atoms with Gasteiger partial charge >= 0.3 is 12.1 Å². The number of rotatable bonds is 7. The van der Waals surface area contributed by atoms with Crippen molar-refractivity contribution in [2.75, 3.05) is 14.2 Å². The number of amides is 1. The first-order chi connectivity index (χ1) is 16.1. The standard InChI is InChI=1S/C25H26N2O7/c1-25(2,3)34-24(30)27-18(23(28)29)14-15-9-11-17-16(13-15)10-12-21(26-17)33-22-19(31-4)7-6-8-20(22)32-5/h6-14H,1-5H3,(H,27,30)(H,28,29)/b18-14+. The molecule has 0 aliphatic rings. The topological polar surface area (TPSA) is 116 Å². The van der Waals surface area contributed by atoms with Crippen molar-refractivity contribution >= 4 is 29.0 Å². The number of pyridine rings is 1. The number of carbonyl (C=O) groups is 2. The van der Waals surface area contributed by atoms with E-state index in [-0.39, 0.29) is 5.70 Å². The molecule has 2 N–H and O–H groups in total. The molecule has 1 aromatic heterocycles. The summed E-state index contributed by atoms with van der Waals surface area (Å²) in [5, 5.41) is 12.5. The third-order valence-corrected chi connectivity index (χ3v) is 4.45. The second kappa shape index (κ2) is 10.1. The number of hydrogen-bond donors (Lipinski definition) is 2. The van der Waals surface area contributed by atoms with E-state index >= 15 is 0 Å². The number of para-hydroxylation sites is 1. The van der Waals surface area contributed by atoms with Crippen molar-refractivity contribution < 1.29 is 33.6 Å². The van der Waals surface area contributed by atoms with Gasteiger partial charge in [0, 0.05) is 11.5 Å². The Morgan fingerprint density at radius 1 is 1.00 bits per heavy atom. The molecular formula is C25H26N2O7. The molecule has 3 aromatic rings. The van der Waals surface area contributed by atoms with E-state index in [2.05, 4.69) is 10.3 Å². The summed E-state index contributed by atoms with van der Waals surface area (Å²) < 4.78 is 21.7. The quantitative estimate of drug-likeness (QED) is 0.468.